The maximum atomic E-state index is 13.3. The van der Waals surface area contributed by atoms with Crippen LogP contribution in [0.1, 0.15) is 16.7 Å². The average Bonchev–Trinajstić information content (AvgIpc) is 3.17. The van der Waals surface area contributed by atoms with Crippen LogP contribution in [-0.2, 0) is 16.1 Å². The largest absolute Gasteiger partial charge is 0.342 e. The van der Waals surface area contributed by atoms with Gasteiger partial charge in [-0.3, -0.25) is 14.9 Å². The lowest BCUT2D eigenvalue weighted by Gasteiger charge is -2.26. The van der Waals surface area contributed by atoms with E-state index in [9.17, 15) is 18.8 Å². The van der Waals surface area contributed by atoms with E-state index in [2.05, 4.69) is 21.2 Å². The van der Waals surface area contributed by atoms with E-state index in [1.165, 1.54) is 18.2 Å². The number of hydrogen-bond acceptors (Lipinski definition) is 3. The Morgan fingerprint density at radius 1 is 1.00 bits per heavy atom. The molecule has 1 N–H and O–H groups in total. The van der Waals surface area contributed by atoms with Gasteiger partial charge in [-0.05, 0) is 60.5 Å². The van der Waals surface area contributed by atoms with Crippen LogP contribution >= 0.6 is 15.9 Å². The van der Waals surface area contributed by atoms with Crippen molar-refractivity contribution >= 4 is 56.4 Å². The second-order valence-electron chi connectivity index (χ2n) is 8.25. The molecule has 2 heterocycles. The zero-order valence-electron chi connectivity index (χ0n) is 18.6. The monoisotopic (exact) mass is 531 g/mol. The zero-order valence-corrected chi connectivity index (χ0v) is 20.2. The van der Waals surface area contributed by atoms with Crippen LogP contribution in [0.4, 0.5) is 14.9 Å². The SMILES string of the molecule is Cc1cc(N2C(=O)NC(=O)/C(=C\c3cn(Cc4ccc(F)cc4)c4ccccc34)C2=O)ccc1Br. The van der Waals surface area contributed by atoms with Crippen LogP contribution in [0.25, 0.3) is 17.0 Å². The molecule has 1 saturated heterocycles. The Balaban J connectivity index is 1.56. The van der Waals surface area contributed by atoms with Gasteiger partial charge in [-0.2, -0.15) is 0 Å². The maximum absolute atomic E-state index is 13.3. The summed E-state index contributed by atoms with van der Waals surface area (Å²) in [5, 5.41) is 3.11. The third kappa shape index (κ3) is 4.28. The number of barbiturate groups is 1. The molecule has 0 saturated carbocycles. The minimum absolute atomic E-state index is 0.144. The summed E-state index contributed by atoms with van der Waals surface area (Å²) < 4.78 is 16.1. The number of halogens is 2. The van der Waals surface area contributed by atoms with Crippen molar-refractivity contribution in [1.82, 2.24) is 9.88 Å². The van der Waals surface area contributed by atoms with Crippen molar-refractivity contribution in [3.05, 3.63) is 105 Å². The average molecular weight is 532 g/mol. The highest BCUT2D eigenvalue weighted by Gasteiger charge is 2.37. The molecule has 5 rings (SSSR count). The molecule has 0 aliphatic carbocycles. The van der Waals surface area contributed by atoms with E-state index in [4.69, 9.17) is 0 Å². The molecular weight excluding hydrogens is 513 g/mol. The molecule has 0 unspecified atom stereocenters. The van der Waals surface area contributed by atoms with Crippen molar-refractivity contribution in [2.75, 3.05) is 4.90 Å². The van der Waals surface area contributed by atoms with E-state index in [1.807, 2.05) is 42.0 Å². The van der Waals surface area contributed by atoms with Gasteiger partial charge < -0.3 is 4.57 Å². The van der Waals surface area contributed by atoms with Crippen molar-refractivity contribution < 1.29 is 18.8 Å². The first-order chi connectivity index (χ1) is 16.8. The molecule has 1 aliphatic rings. The van der Waals surface area contributed by atoms with Gasteiger partial charge in [-0.15, -0.1) is 0 Å². The van der Waals surface area contributed by atoms with Crippen LogP contribution in [0.2, 0.25) is 0 Å². The molecule has 35 heavy (non-hydrogen) atoms. The first-order valence-electron chi connectivity index (χ1n) is 10.8. The van der Waals surface area contributed by atoms with Crippen molar-refractivity contribution in [2.24, 2.45) is 0 Å². The number of carbonyl (C=O) groups excluding carboxylic acids is 3. The number of para-hydroxylation sites is 1. The second-order valence-corrected chi connectivity index (χ2v) is 9.10. The Morgan fingerprint density at radius 2 is 1.74 bits per heavy atom. The number of amides is 4. The number of hydrogen-bond donors (Lipinski definition) is 1. The lowest BCUT2D eigenvalue weighted by Crippen LogP contribution is -2.54. The van der Waals surface area contributed by atoms with Crippen molar-refractivity contribution in [3.8, 4) is 0 Å². The van der Waals surface area contributed by atoms with Crippen LogP contribution in [0.3, 0.4) is 0 Å². The van der Waals surface area contributed by atoms with Gasteiger partial charge in [0.1, 0.15) is 11.4 Å². The molecule has 4 amide bonds. The van der Waals surface area contributed by atoms with E-state index in [1.54, 1.807) is 30.3 Å². The molecule has 3 aromatic carbocycles. The summed E-state index contributed by atoms with van der Waals surface area (Å²) in [5.74, 6) is -1.75. The number of nitrogens with zero attached hydrogens (tertiary/aromatic N) is 2. The summed E-state index contributed by atoms with van der Waals surface area (Å²) in [7, 11) is 0. The summed E-state index contributed by atoms with van der Waals surface area (Å²) in [6.45, 7) is 2.32. The van der Waals surface area contributed by atoms with Crippen molar-refractivity contribution in [1.29, 1.82) is 0 Å². The van der Waals surface area contributed by atoms with E-state index >= 15 is 0 Å². The predicted octanol–water partition coefficient (Wildman–Crippen LogP) is 5.57. The Hall–Kier alpha value is -4.04. The number of nitrogens with one attached hydrogen (secondary N) is 1. The van der Waals surface area contributed by atoms with Gasteiger partial charge in [0.15, 0.2) is 0 Å². The molecule has 0 radical (unpaired) electrons. The molecule has 1 aliphatic heterocycles. The van der Waals surface area contributed by atoms with Crippen LogP contribution in [-0.4, -0.2) is 22.4 Å². The Kier molecular flexibility index (Phi) is 5.82. The molecule has 1 fully saturated rings. The van der Waals surface area contributed by atoms with E-state index in [-0.39, 0.29) is 11.4 Å². The van der Waals surface area contributed by atoms with Gasteiger partial charge in [0.2, 0.25) is 0 Å². The fraction of sp³-hybridized carbons (Fsp3) is 0.0741. The number of aryl methyl sites for hydroxylation is 1. The molecule has 8 heteroatoms. The van der Waals surface area contributed by atoms with Gasteiger partial charge in [0.25, 0.3) is 11.8 Å². The summed E-state index contributed by atoms with van der Waals surface area (Å²) >= 11 is 3.41. The highest BCUT2D eigenvalue weighted by atomic mass is 79.9. The minimum atomic E-state index is -0.794. The third-order valence-electron chi connectivity index (χ3n) is 5.89. The van der Waals surface area contributed by atoms with Crippen molar-refractivity contribution in [2.45, 2.75) is 13.5 Å². The third-order valence-corrected chi connectivity index (χ3v) is 6.78. The highest BCUT2D eigenvalue weighted by molar-refractivity contribution is 9.10. The van der Waals surface area contributed by atoms with Crippen LogP contribution in [0.5, 0.6) is 0 Å². The minimum Gasteiger partial charge on any atom is -0.342 e. The Bertz CT molecular complexity index is 1540. The van der Waals surface area contributed by atoms with Gasteiger partial charge in [-0.1, -0.05) is 46.3 Å². The first-order valence-corrected chi connectivity index (χ1v) is 11.6. The summed E-state index contributed by atoms with van der Waals surface area (Å²) in [6, 6.07) is 18.1. The topological polar surface area (TPSA) is 71.4 Å². The Labute approximate surface area is 208 Å². The fourth-order valence-electron chi connectivity index (χ4n) is 4.12. The lowest BCUT2D eigenvalue weighted by molar-refractivity contribution is -0.122. The van der Waals surface area contributed by atoms with Gasteiger partial charge in [0.05, 0.1) is 5.69 Å². The molecule has 1 aromatic heterocycles. The maximum Gasteiger partial charge on any atom is 0.335 e. The molecule has 0 atom stereocenters. The smallest absolute Gasteiger partial charge is 0.335 e. The quantitative estimate of drug-likeness (QED) is 0.276. The second kappa shape index (κ2) is 8.96. The molecule has 6 nitrogen and oxygen atoms in total. The van der Waals surface area contributed by atoms with Gasteiger partial charge in [0, 0.05) is 33.7 Å². The lowest BCUT2D eigenvalue weighted by atomic mass is 10.1. The number of benzene rings is 3. The first kappa shape index (κ1) is 22.7. The fourth-order valence-corrected chi connectivity index (χ4v) is 4.37. The van der Waals surface area contributed by atoms with Crippen molar-refractivity contribution in [3.63, 3.8) is 0 Å². The van der Waals surface area contributed by atoms with Crippen LogP contribution < -0.4 is 10.2 Å². The van der Waals surface area contributed by atoms with Crippen LogP contribution in [0.15, 0.2) is 83.0 Å². The van der Waals surface area contributed by atoms with E-state index in [0.29, 0.717) is 17.8 Å². The summed E-state index contributed by atoms with van der Waals surface area (Å²) in [6.07, 6.45) is 3.35. The van der Waals surface area contributed by atoms with Gasteiger partial charge in [-0.25, -0.2) is 14.1 Å². The normalized spacial score (nSPS) is 15.2. The van der Waals surface area contributed by atoms with Crippen LogP contribution in [0, 0.1) is 12.7 Å². The number of rotatable bonds is 4. The molecule has 0 bridgehead atoms. The number of urea groups is 1. The highest BCUT2D eigenvalue weighted by Crippen LogP contribution is 2.29. The number of aromatic nitrogens is 1. The molecule has 4 aromatic rings. The molecular formula is C27H19BrFN3O3. The number of fused-ring (bicyclic) bond motifs is 1. The summed E-state index contributed by atoms with van der Waals surface area (Å²) in [5.41, 5.74) is 3.51. The van der Waals surface area contributed by atoms with Gasteiger partial charge >= 0.3 is 6.03 Å². The standard InChI is InChI=1S/C27H19BrFN3O3/c1-16-12-20(10-11-23(16)28)32-26(34)22(25(33)30-27(32)35)13-18-15-31(24-5-3-2-4-21(18)24)14-17-6-8-19(29)9-7-17/h2-13,15H,14H2,1H3,(H,30,33,35)/b22-13+. The predicted molar refractivity (Wildman–Crippen MR) is 135 cm³/mol. The number of imide groups is 2. The number of carbonyl (C=O) groups is 3. The molecule has 174 valence electrons. The van der Waals surface area contributed by atoms with E-state index < -0.39 is 17.8 Å². The van der Waals surface area contributed by atoms with E-state index in [0.717, 1.165) is 31.4 Å². The Morgan fingerprint density at radius 3 is 2.49 bits per heavy atom. The number of anilines is 1. The molecule has 0 spiro atoms. The summed E-state index contributed by atoms with van der Waals surface area (Å²) in [4.78, 5) is 39.5. The zero-order chi connectivity index (χ0) is 24.7.